The number of rotatable bonds is 2. The van der Waals surface area contributed by atoms with E-state index in [4.69, 9.17) is 12.2 Å². The van der Waals surface area contributed by atoms with Gasteiger partial charge in [0.05, 0.1) is 11.9 Å². The fraction of sp³-hybridized carbons (Fsp3) is 0. The van der Waals surface area contributed by atoms with E-state index in [2.05, 4.69) is 20.3 Å². The second-order valence-corrected chi connectivity index (χ2v) is 3.26. The van der Waals surface area contributed by atoms with Gasteiger partial charge in [0.15, 0.2) is 4.77 Å². The molecule has 0 fully saturated rings. The minimum atomic E-state index is -0.254. The highest BCUT2D eigenvalue weighted by Gasteiger charge is 2.06. The van der Waals surface area contributed by atoms with Gasteiger partial charge in [-0.3, -0.25) is 9.78 Å². The molecule has 0 spiro atoms. The number of aromatic nitrogens is 3. The third-order valence-electron chi connectivity index (χ3n) is 1.76. The van der Waals surface area contributed by atoms with Crippen molar-refractivity contribution in [3.8, 4) is 0 Å². The molecule has 0 saturated heterocycles. The summed E-state index contributed by atoms with van der Waals surface area (Å²) in [6.07, 6.45) is 4.73. The zero-order chi connectivity index (χ0) is 10.7. The number of H-pyrrole nitrogens is 2. The summed E-state index contributed by atoms with van der Waals surface area (Å²) in [5.74, 6) is -0.254. The normalized spacial score (nSPS) is 9.87. The largest absolute Gasteiger partial charge is 0.337 e. The van der Waals surface area contributed by atoms with Crippen molar-refractivity contribution < 1.29 is 4.79 Å². The van der Waals surface area contributed by atoms with Crippen LogP contribution in [-0.2, 0) is 0 Å². The number of carbonyl (C=O) groups is 1. The van der Waals surface area contributed by atoms with Gasteiger partial charge in [0.1, 0.15) is 5.69 Å². The van der Waals surface area contributed by atoms with Crippen molar-refractivity contribution in [2.75, 3.05) is 5.32 Å². The molecule has 2 rings (SSSR count). The second-order valence-electron chi connectivity index (χ2n) is 2.85. The Morgan fingerprint density at radius 2 is 2.40 bits per heavy atom. The monoisotopic (exact) mass is 220 g/mol. The summed E-state index contributed by atoms with van der Waals surface area (Å²) < 4.78 is 0.423. The van der Waals surface area contributed by atoms with E-state index in [-0.39, 0.29) is 5.91 Å². The van der Waals surface area contributed by atoms with Gasteiger partial charge >= 0.3 is 0 Å². The average molecular weight is 220 g/mol. The zero-order valence-corrected chi connectivity index (χ0v) is 8.47. The summed E-state index contributed by atoms with van der Waals surface area (Å²) >= 11 is 4.81. The molecule has 0 aromatic carbocycles. The number of hydrogen-bond acceptors (Lipinski definition) is 3. The molecule has 2 aromatic heterocycles. The van der Waals surface area contributed by atoms with Crippen LogP contribution in [0.15, 0.2) is 30.7 Å². The molecule has 76 valence electrons. The number of nitrogens with one attached hydrogen (secondary N) is 3. The number of pyridine rings is 1. The molecule has 0 saturated carbocycles. The lowest BCUT2D eigenvalue weighted by Crippen LogP contribution is -2.12. The van der Waals surface area contributed by atoms with Gasteiger partial charge in [-0.25, -0.2) is 0 Å². The van der Waals surface area contributed by atoms with Gasteiger partial charge in [-0.1, -0.05) is 0 Å². The van der Waals surface area contributed by atoms with Crippen LogP contribution in [-0.4, -0.2) is 20.9 Å². The summed E-state index contributed by atoms with van der Waals surface area (Å²) in [6.45, 7) is 0. The van der Waals surface area contributed by atoms with Crippen LogP contribution < -0.4 is 5.32 Å². The number of anilines is 1. The van der Waals surface area contributed by atoms with Crippen LogP contribution in [0.1, 0.15) is 10.5 Å². The fourth-order valence-corrected chi connectivity index (χ4v) is 1.26. The van der Waals surface area contributed by atoms with Crippen LogP contribution in [0, 0.1) is 4.77 Å². The summed E-state index contributed by atoms with van der Waals surface area (Å²) in [4.78, 5) is 20.9. The third kappa shape index (κ3) is 2.29. The lowest BCUT2D eigenvalue weighted by Gasteiger charge is -2.01. The van der Waals surface area contributed by atoms with E-state index in [1.807, 2.05) is 0 Å². The molecule has 15 heavy (non-hydrogen) atoms. The number of imidazole rings is 1. The van der Waals surface area contributed by atoms with Gasteiger partial charge in [0, 0.05) is 12.4 Å². The first-order valence-electron chi connectivity index (χ1n) is 4.25. The molecule has 2 aromatic rings. The van der Waals surface area contributed by atoms with Crippen molar-refractivity contribution in [3.05, 3.63) is 41.2 Å². The van der Waals surface area contributed by atoms with E-state index in [1.165, 1.54) is 6.20 Å². The molecular weight excluding hydrogens is 212 g/mol. The number of aromatic amines is 2. The van der Waals surface area contributed by atoms with Gasteiger partial charge in [0.25, 0.3) is 5.91 Å². The Labute approximate surface area is 90.6 Å². The molecule has 0 unspecified atom stereocenters. The Hall–Kier alpha value is -1.95. The Bertz CT molecular complexity index is 516. The van der Waals surface area contributed by atoms with Gasteiger partial charge in [-0.15, -0.1) is 0 Å². The van der Waals surface area contributed by atoms with Crippen LogP contribution in [0.5, 0.6) is 0 Å². The molecule has 5 nitrogen and oxygen atoms in total. The van der Waals surface area contributed by atoms with Gasteiger partial charge in [-0.2, -0.15) is 0 Å². The van der Waals surface area contributed by atoms with Crippen molar-refractivity contribution in [1.29, 1.82) is 0 Å². The van der Waals surface area contributed by atoms with Crippen molar-refractivity contribution in [2.45, 2.75) is 0 Å². The SMILES string of the molecule is O=C(Nc1cccnc1)c1c[nH]c(=S)[nH]1. The highest BCUT2D eigenvalue weighted by atomic mass is 32.1. The lowest BCUT2D eigenvalue weighted by atomic mass is 10.4. The number of hydrogen-bond donors (Lipinski definition) is 3. The number of amides is 1. The maximum Gasteiger partial charge on any atom is 0.273 e. The van der Waals surface area contributed by atoms with Crippen LogP contribution in [0.25, 0.3) is 0 Å². The molecule has 3 N–H and O–H groups in total. The predicted octanol–water partition coefficient (Wildman–Crippen LogP) is 1.72. The number of carbonyl (C=O) groups excluding carboxylic acids is 1. The van der Waals surface area contributed by atoms with E-state index in [1.54, 1.807) is 24.5 Å². The highest BCUT2D eigenvalue weighted by Crippen LogP contribution is 2.04. The van der Waals surface area contributed by atoms with Crippen molar-refractivity contribution in [2.24, 2.45) is 0 Å². The van der Waals surface area contributed by atoms with E-state index in [0.717, 1.165) is 0 Å². The molecule has 0 aliphatic rings. The molecule has 6 heteroatoms. The van der Waals surface area contributed by atoms with E-state index in [9.17, 15) is 4.79 Å². The average Bonchev–Trinajstić information content (AvgIpc) is 2.66. The molecule has 0 radical (unpaired) electrons. The summed E-state index contributed by atoms with van der Waals surface area (Å²) in [7, 11) is 0. The quantitative estimate of drug-likeness (QED) is 0.675. The van der Waals surface area contributed by atoms with Crippen LogP contribution in [0.4, 0.5) is 5.69 Å². The molecule has 2 heterocycles. The van der Waals surface area contributed by atoms with E-state index < -0.39 is 0 Å². The molecule has 0 aliphatic carbocycles. The first-order valence-corrected chi connectivity index (χ1v) is 4.65. The molecular formula is C9H8N4OS. The maximum absolute atomic E-state index is 11.6. The van der Waals surface area contributed by atoms with Crippen LogP contribution >= 0.6 is 12.2 Å². The van der Waals surface area contributed by atoms with E-state index >= 15 is 0 Å². The first kappa shape index (κ1) is 9.60. The topological polar surface area (TPSA) is 73.6 Å². The third-order valence-corrected chi connectivity index (χ3v) is 1.98. The van der Waals surface area contributed by atoms with Crippen molar-refractivity contribution in [1.82, 2.24) is 15.0 Å². The lowest BCUT2D eigenvalue weighted by molar-refractivity contribution is 0.102. The number of nitrogens with zero attached hydrogens (tertiary/aromatic N) is 1. The predicted molar refractivity (Wildman–Crippen MR) is 58.2 cm³/mol. The highest BCUT2D eigenvalue weighted by molar-refractivity contribution is 7.71. The van der Waals surface area contributed by atoms with Crippen LogP contribution in [0.2, 0.25) is 0 Å². The fourth-order valence-electron chi connectivity index (χ4n) is 1.09. The molecule has 0 atom stereocenters. The standard InChI is InChI=1S/C9H8N4OS/c14-8(7-5-11-9(15)13-7)12-6-2-1-3-10-4-6/h1-5H,(H,12,14)(H2,11,13,15). The minimum Gasteiger partial charge on any atom is -0.337 e. The second kappa shape index (κ2) is 4.05. The van der Waals surface area contributed by atoms with Gasteiger partial charge in [-0.05, 0) is 24.4 Å². The van der Waals surface area contributed by atoms with Crippen LogP contribution in [0.3, 0.4) is 0 Å². The molecule has 0 aliphatic heterocycles. The minimum absolute atomic E-state index is 0.254. The molecule has 1 amide bonds. The Balaban J connectivity index is 2.14. The van der Waals surface area contributed by atoms with Crippen molar-refractivity contribution >= 4 is 23.8 Å². The maximum atomic E-state index is 11.6. The Kier molecular flexibility index (Phi) is 2.59. The van der Waals surface area contributed by atoms with Gasteiger partial charge in [0.2, 0.25) is 0 Å². The molecule has 0 bridgehead atoms. The summed E-state index contributed by atoms with van der Waals surface area (Å²) in [5, 5.41) is 2.67. The summed E-state index contributed by atoms with van der Waals surface area (Å²) in [5.41, 5.74) is 1.03. The first-order chi connectivity index (χ1) is 7.25. The Morgan fingerprint density at radius 1 is 1.53 bits per heavy atom. The summed E-state index contributed by atoms with van der Waals surface area (Å²) in [6, 6.07) is 3.50. The smallest absolute Gasteiger partial charge is 0.273 e. The van der Waals surface area contributed by atoms with Gasteiger partial charge < -0.3 is 15.3 Å². The van der Waals surface area contributed by atoms with E-state index in [0.29, 0.717) is 16.2 Å². The Morgan fingerprint density at radius 3 is 3.00 bits per heavy atom. The zero-order valence-electron chi connectivity index (χ0n) is 7.65. The van der Waals surface area contributed by atoms with Crippen molar-refractivity contribution in [3.63, 3.8) is 0 Å².